The van der Waals surface area contributed by atoms with Crippen LogP contribution in [0.5, 0.6) is 5.75 Å². The maximum absolute atomic E-state index is 12.3. The van der Waals surface area contributed by atoms with E-state index in [1.165, 1.54) is 19.2 Å². The number of rotatable bonds is 5. The zero-order valence-corrected chi connectivity index (χ0v) is 14.3. The van der Waals surface area contributed by atoms with Gasteiger partial charge < -0.3 is 4.74 Å². The fourth-order valence-corrected chi connectivity index (χ4v) is 5.11. The number of hydrogen-bond acceptors (Lipinski definition) is 6. The highest BCUT2D eigenvalue weighted by atomic mass is 32.2. The van der Waals surface area contributed by atoms with Crippen LogP contribution >= 0.6 is 0 Å². The van der Waals surface area contributed by atoms with Crippen LogP contribution in [-0.4, -0.2) is 41.4 Å². The molecule has 128 valence electrons. The molecule has 0 spiro atoms. The Morgan fingerprint density at radius 3 is 2.61 bits per heavy atom. The molecule has 0 saturated carbocycles. The quantitative estimate of drug-likeness (QED) is 0.697. The van der Waals surface area contributed by atoms with Crippen molar-refractivity contribution in [2.75, 3.05) is 18.6 Å². The number of hydrazine groups is 1. The van der Waals surface area contributed by atoms with E-state index in [0.717, 1.165) is 0 Å². The van der Waals surface area contributed by atoms with Gasteiger partial charge in [0.2, 0.25) is 5.91 Å². The highest BCUT2D eigenvalue weighted by Crippen LogP contribution is 2.24. The molecule has 0 radical (unpaired) electrons. The summed E-state index contributed by atoms with van der Waals surface area (Å²) < 4.78 is 52.3. The minimum Gasteiger partial charge on any atom is -0.495 e. The van der Waals surface area contributed by atoms with Gasteiger partial charge in [-0.05, 0) is 31.0 Å². The summed E-state index contributed by atoms with van der Waals surface area (Å²) in [6.45, 7) is 1.72. The second-order valence-electron chi connectivity index (χ2n) is 5.35. The topological polar surface area (TPSA) is 119 Å². The molecule has 8 nitrogen and oxygen atoms in total. The van der Waals surface area contributed by atoms with Crippen LogP contribution in [0.3, 0.4) is 0 Å². The molecule has 1 aliphatic rings. The van der Waals surface area contributed by atoms with E-state index in [1.807, 2.05) is 4.83 Å². The monoisotopic (exact) mass is 362 g/mol. The number of methoxy groups -OCH3 is 1. The van der Waals surface area contributed by atoms with E-state index in [4.69, 9.17) is 4.74 Å². The molecule has 10 heteroatoms. The predicted octanol–water partition coefficient (Wildman–Crippen LogP) is -0.252. The standard InChI is InChI=1S/C13H18N2O6S2/c1-9-3-4-11(21-2)12(7-9)23(19,20)15-14-13(16)10-5-6-22(17,18)8-10/h3-4,7,10,15H,5-6,8H2,1-2H3,(H,14,16)/t10-/m0/s1. The molecule has 2 N–H and O–H groups in total. The molecule has 0 bridgehead atoms. The summed E-state index contributed by atoms with van der Waals surface area (Å²) in [7, 11) is -5.92. The lowest BCUT2D eigenvalue weighted by atomic mass is 10.1. The SMILES string of the molecule is COc1ccc(C)cc1S(=O)(=O)NNC(=O)[C@H]1CCS(=O)(=O)C1. The number of carbonyl (C=O) groups is 1. The molecular weight excluding hydrogens is 344 g/mol. The van der Waals surface area contributed by atoms with Crippen molar-refractivity contribution >= 4 is 25.8 Å². The normalized spacial score (nSPS) is 20.2. The summed E-state index contributed by atoms with van der Waals surface area (Å²) in [5.41, 5.74) is 2.78. The minimum absolute atomic E-state index is 0.0659. The van der Waals surface area contributed by atoms with Gasteiger partial charge in [0, 0.05) is 0 Å². The molecule has 0 aromatic heterocycles. The first kappa shape index (κ1) is 17.7. The number of sulfonamides is 1. The summed E-state index contributed by atoms with van der Waals surface area (Å²) in [5, 5.41) is 0. The second kappa shape index (κ2) is 6.46. The van der Waals surface area contributed by atoms with Crippen LogP contribution in [0.1, 0.15) is 12.0 Å². The Hall–Kier alpha value is -1.65. The molecule has 23 heavy (non-hydrogen) atoms. The van der Waals surface area contributed by atoms with Crippen LogP contribution < -0.4 is 15.0 Å². The summed E-state index contributed by atoms with van der Waals surface area (Å²) >= 11 is 0. The summed E-state index contributed by atoms with van der Waals surface area (Å²) in [6, 6.07) is 4.61. The summed E-state index contributed by atoms with van der Waals surface area (Å²) in [6.07, 6.45) is 0.184. The van der Waals surface area contributed by atoms with Crippen molar-refractivity contribution in [2.45, 2.75) is 18.2 Å². The minimum atomic E-state index is -4.04. The van der Waals surface area contributed by atoms with Gasteiger partial charge in [-0.15, -0.1) is 4.83 Å². The van der Waals surface area contributed by atoms with E-state index < -0.39 is 31.7 Å². The number of aryl methyl sites for hydroxylation is 1. The van der Waals surface area contributed by atoms with Gasteiger partial charge in [-0.1, -0.05) is 6.07 Å². The predicted molar refractivity (Wildman–Crippen MR) is 83.0 cm³/mol. The largest absolute Gasteiger partial charge is 0.495 e. The van der Waals surface area contributed by atoms with Gasteiger partial charge in [0.1, 0.15) is 10.6 Å². The average Bonchev–Trinajstić information content (AvgIpc) is 2.85. The number of ether oxygens (including phenoxy) is 1. The molecule has 1 saturated heterocycles. The number of carbonyl (C=O) groups excluding carboxylic acids is 1. The maximum atomic E-state index is 12.3. The van der Waals surface area contributed by atoms with Gasteiger partial charge in [0.15, 0.2) is 9.84 Å². The van der Waals surface area contributed by atoms with Gasteiger partial charge in [0.25, 0.3) is 10.0 Å². The lowest BCUT2D eigenvalue weighted by molar-refractivity contribution is -0.124. The van der Waals surface area contributed by atoms with Crippen LogP contribution in [0.2, 0.25) is 0 Å². The Morgan fingerprint density at radius 2 is 2.04 bits per heavy atom. The molecule has 0 unspecified atom stereocenters. The van der Waals surface area contributed by atoms with E-state index in [0.29, 0.717) is 5.56 Å². The summed E-state index contributed by atoms with van der Waals surface area (Å²) in [4.78, 5) is 13.8. The molecule has 1 aliphatic heterocycles. The van der Waals surface area contributed by atoms with Crippen LogP contribution in [0, 0.1) is 12.8 Å². The lowest BCUT2D eigenvalue weighted by Gasteiger charge is -2.13. The van der Waals surface area contributed by atoms with E-state index in [2.05, 4.69) is 5.43 Å². The smallest absolute Gasteiger partial charge is 0.261 e. The molecule has 1 heterocycles. The van der Waals surface area contributed by atoms with Crippen molar-refractivity contribution in [2.24, 2.45) is 5.92 Å². The molecule has 1 fully saturated rings. The summed E-state index contributed by atoms with van der Waals surface area (Å²) in [5.74, 6) is -1.61. The first-order valence-corrected chi connectivity index (χ1v) is 10.1. The van der Waals surface area contributed by atoms with E-state index >= 15 is 0 Å². The molecule has 0 aliphatic carbocycles. The fraction of sp³-hybridized carbons (Fsp3) is 0.462. The maximum Gasteiger partial charge on any atom is 0.261 e. The van der Waals surface area contributed by atoms with Gasteiger partial charge >= 0.3 is 0 Å². The van der Waals surface area contributed by atoms with Crippen molar-refractivity contribution in [1.29, 1.82) is 0 Å². The third-order valence-electron chi connectivity index (χ3n) is 3.52. The van der Waals surface area contributed by atoms with Gasteiger partial charge in [-0.3, -0.25) is 10.2 Å². The van der Waals surface area contributed by atoms with Gasteiger partial charge in [-0.2, -0.15) is 0 Å². The Morgan fingerprint density at radius 1 is 1.35 bits per heavy atom. The Kier molecular flexibility index (Phi) is 4.97. The van der Waals surface area contributed by atoms with Crippen molar-refractivity contribution in [3.8, 4) is 5.75 Å². The fourth-order valence-electron chi connectivity index (χ4n) is 2.27. The number of nitrogens with one attached hydrogen (secondary N) is 2. The zero-order valence-electron chi connectivity index (χ0n) is 12.7. The number of hydrogen-bond donors (Lipinski definition) is 2. The zero-order chi connectivity index (χ0) is 17.3. The van der Waals surface area contributed by atoms with Crippen LogP contribution in [-0.2, 0) is 24.7 Å². The highest BCUT2D eigenvalue weighted by molar-refractivity contribution is 7.91. The first-order valence-electron chi connectivity index (χ1n) is 6.81. The molecule has 1 aromatic rings. The third-order valence-corrected chi connectivity index (χ3v) is 6.56. The molecule has 2 rings (SSSR count). The number of benzene rings is 1. The van der Waals surface area contributed by atoms with E-state index in [1.54, 1.807) is 13.0 Å². The number of sulfone groups is 1. The highest BCUT2D eigenvalue weighted by Gasteiger charge is 2.33. The first-order chi connectivity index (χ1) is 10.6. The Labute approximate surface area is 135 Å². The molecule has 1 amide bonds. The molecular formula is C13H18N2O6S2. The van der Waals surface area contributed by atoms with E-state index in [9.17, 15) is 21.6 Å². The van der Waals surface area contributed by atoms with Crippen molar-refractivity contribution in [3.05, 3.63) is 23.8 Å². The van der Waals surface area contributed by atoms with Crippen molar-refractivity contribution < 1.29 is 26.4 Å². The van der Waals surface area contributed by atoms with Crippen molar-refractivity contribution in [1.82, 2.24) is 10.3 Å². The molecule has 1 aromatic carbocycles. The van der Waals surface area contributed by atoms with Gasteiger partial charge in [0.05, 0.1) is 24.5 Å². The molecule has 1 atom stereocenters. The van der Waals surface area contributed by atoms with Gasteiger partial charge in [-0.25, -0.2) is 16.8 Å². The third kappa shape index (κ3) is 4.21. The second-order valence-corrected chi connectivity index (χ2v) is 9.23. The van der Waals surface area contributed by atoms with E-state index in [-0.39, 0.29) is 28.6 Å². The van der Waals surface area contributed by atoms with Crippen LogP contribution in [0.25, 0.3) is 0 Å². The Bertz CT molecular complexity index is 817. The average molecular weight is 362 g/mol. The lowest BCUT2D eigenvalue weighted by Crippen LogP contribution is -2.44. The number of amides is 1. The van der Waals surface area contributed by atoms with Crippen LogP contribution in [0.15, 0.2) is 23.1 Å². The van der Waals surface area contributed by atoms with Crippen LogP contribution in [0.4, 0.5) is 0 Å². The van der Waals surface area contributed by atoms with Crippen molar-refractivity contribution in [3.63, 3.8) is 0 Å². The Balaban J connectivity index is 2.11.